The minimum absolute atomic E-state index is 0.307. The third-order valence-corrected chi connectivity index (χ3v) is 8.09. The highest BCUT2D eigenvalue weighted by Crippen LogP contribution is 2.31. The number of anilines is 4. The van der Waals surface area contributed by atoms with Gasteiger partial charge in [0, 0.05) is 21.2 Å². The van der Waals surface area contributed by atoms with E-state index in [1.807, 2.05) is 48.5 Å². The zero-order valence-electron chi connectivity index (χ0n) is 22.8. The SMILES string of the molecule is COc1ccc(NC(=O)Nc2ccccc2SCCCSc2ccccc2NC(=O)Nc2ccc(OC)cc2)cc1. The Bertz CT molecular complexity index is 1320. The van der Waals surface area contributed by atoms with Gasteiger partial charge in [0.05, 0.1) is 25.6 Å². The van der Waals surface area contributed by atoms with Crippen molar-refractivity contribution in [2.45, 2.75) is 16.2 Å². The van der Waals surface area contributed by atoms with Gasteiger partial charge >= 0.3 is 12.1 Å². The van der Waals surface area contributed by atoms with Gasteiger partial charge < -0.3 is 30.7 Å². The second kappa shape index (κ2) is 15.5. The zero-order chi connectivity index (χ0) is 28.9. The third kappa shape index (κ3) is 9.40. The molecule has 212 valence electrons. The number of rotatable bonds is 12. The van der Waals surface area contributed by atoms with Gasteiger partial charge in [0.25, 0.3) is 0 Å². The normalized spacial score (nSPS) is 10.4. The van der Waals surface area contributed by atoms with Crippen LogP contribution in [0.1, 0.15) is 6.42 Å². The fourth-order valence-electron chi connectivity index (χ4n) is 3.73. The third-order valence-electron chi connectivity index (χ3n) is 5.77. The van der Waals surface area contributed by atoms with Crippen LogP contribution in [0.4, 0.5) is 32.3 Å². The summed E-state index contributed by atoms with van der Waals surface area (Å²) in [6.07, 6.45) is 0.939. The molecule has 0 radical (unpaired) electrons. The van der Waals surface area contributed by atoms with E-state index in [1.54, 1.807) is 86.3 Å². The molecule has 0 aliphatic heterocycles. The first kappa shape index (κ1) is 29.7. The van der Waals surface area contributed by atoms with Crippen LogP contribution in [0.3, 0.4) is 0 Å². The number of carbonyl (C=O) groups is 2. The average molecular weight is 589 g/mol. The van der Waals surface area contributed by atoms with Crippen LogP contribution < -0.4 is 30.7 Å². The smallest absolute Gasteiger partial charge is 0.323 e. The molecule has 0 aliphatic carbocycles. The molecule has 41 heavy (non-hydrogen) atoms. The van der Waals surface area contributed by atoms with Gasteiger partial charge in [-0.2, -0.15) is 0 Å². The molecule has 4 aromatic rings. The molecule has 4 rings (SSSR count). The minimum Gasteiger partial charge on any atom is -0.497 e. The van der Waals surface area contributed by atoms with Crippen molar-refractivity contribution >= 4 is 58.3 Å². The van der Waals surface area contributed by atoms with Crippen molar-refractivity contribution in [1.29, 1.82) is 0 Å². The summed E-state index contributed by atoms with van der Waals surface area (Å²) in [5.74, 6) is 3.20. The molecule has 4 aromatic carbocycles. The van der Waals surface area contributed by atoms with Gasteiger partial charge in [0.2, 0.25) is 0 Å². The highest BCUT2D eigenvalue weighted by molar-refractivity contribution is 8.00. The number of urea groups is 2. The Morgan fingerprint density at radius 1 is 0.561 bits per heavy atom. The van der Waals surface area contributed by atoms with E-state index >= 15 is 0 Å². The summed E-state index contributed by atoms with van der Waals surface area (Å²) >= 11 is 3.39. The fourth-order valence-corrected chi connectivity index (χ4v) is 5.83. The number of benzene rings is 4. The van der Waals surface area contributed by atoms with Crippen LogP contribution in [-0.4, -0.2) is 37.8 Å². The van der Waals surface area contributed by atoms with E-state index in [-0.39, 0.29) is 12.1 Å². The Kier molecular flexibility index (Phi) is 11.2. The van der Waals surface area contributed by atoms with E-state index in [0.717, 1.165) is 50.6 Å². The number of carbonyl (C=O) groups excluding carboxylic acids is 2. The van der Waals surface area contributed by atoms with E-state index in [2.05, 4.69) is 21.3 Å². The lowest BCUT2D eigenvalue weighted by molar-refractivity contribution is 0.261. The highest BCUT2D eigenvalue weighted by Gasteiger charge is 2.10. The van der Waals surface area contributed by atoms with E-state index < -0.39 is 0 Å². The van der Waals surface area contributed by atoms with Crippen molar-refractivity contribution in [3.05, 3.63) is 97.1 Å². The number of nitrogens with one attached hydrogen (secondary N) is 4. The second-order valence-corrected chi connectivity index (χ2v) is 10.9. The van der Waals surface area contributed by atoms with Gasteiger partial charge in [0.1, 0.15) is 11.5 Å². The minimum atomic E-state index is -0.307. The standard InChI is InChI=1S/C31H32N4O4S2/c1-38-24-16-12-22(13-17-24)32-30(36)34-26-8-3-5-10-28(26)40-20-7-21-41-29-11-6-4-9-27(29)35-31(37)33-23-14-18-25(39-2)19-15-23/h3-6,8-19H,7,20-21H2,1-2H3,(H2,32,34,36)(H2,33,35,37). The first-order valence-corrected chi connectivity index (χ1v) is 14.9. The van der Waals surface area contributed by atoms with E-state index in [9.17, 15) is 9.59 Å². The molecule has 0 aliphatic rings. The molecule has 10 heteroatoms. The molecule has 0 unspecified atom stereocenters. The molecule has 4 amide bonds. The Morgan fingerprint density at radius 2 is 0.951 bits per heavy atom. The van der Waals surface area contributed by atoms with E-state index in [4.69, 9.17) is 9.47 Å². The molecule has 0 spiro atoms. The fraction of sp³-hybridized carbons (Fsp3) is 0.161. The number of amides is 4. The molecule has 0 atom stereocenters. The predicted molar refractivity (Wildman–Crippen MR) is 170 cm³/mol. The molecule has 4 N–H and O–H groups in total. The molecule has 0 fully saturated rings. The van der Waals surface area contributed by atoms with Crippen LogP contribution in [0.2, 0.25) is 0 Å². The van der Waals surface area contributed by atoms with Crippen molar-refractivity contribution in [1.82, 2.24) is 0 Å². The Labute approximate surface area is 248 Å². The maximum Gasteiger partial charge on any atom is 0.323 e. The van der Waals surface area contributed by atoms with Crippen molar-refractivity contribution in [2.24, 2.45) is 0 Å². The van der Waals surface area contributed by atoms with Gasteiger partial charge in [-0.3, -0.25) is 0 Å². The monoisotopic (exact) mass is 588 g/mol. The quantitative estimate of drug-likeness (QED) is 0.0982. The van der Waals surface area contributed by atoms with Gasteiger partial charge in [0.15, 0.2) is 0 Å². The number of thioether (sulfide) groups is 2. The summed E-state index contributed by atoms with van der Waals surface area (Å²) in [6.45, 7) is 0. The van der Waals surface area contributed by atoms with Gasteiger partial charge in [-0.15, -0.1) is 23.5 Å². The Morgan fingerprint density at radius 3 is 1.34 bits per heavy atom. The van der Waals surface area contributed by atoms with Gasteiger partial charge in [-0.1, -0.05) is 24.3 Å². The Hall–Kier alpha value is -4.28. The van der Waals surface area contributed by atoms with Crippen molar-refractivity contribution < 1.29 is 19.1 Å². The zero-order valence-corrected chi connectivity index (χ0v) is 24.4. The molecule has 0 saturated heterocycles. The number of hydrogen-bond donors (Lipinski definition) is 4. The molecule has 0 saturated carbocycles. The first-order chi connectivity index (χ1) is 20.0. The topological polar surface area (TPSA) is 101 Å². The maximum atomic E-state index is 12.6. The number of para-hydroxylation sites is 2. The van der Waals surface area contributed by atoms with Crippen molar-refractivity contribution in [3.63, 3.8) is 0 Å². The van der Waals surface area contributed by atoms with Crippen LogP contribution in [0.25, 0.3) is 0 Å². The summed E-state index contributed by atoms with van der Waals surface area (Å²) in [6, 6.07) is 29.2. The van der Waals surface area contributed by atoms with E-state index in [0.29, 0.717) is 11.4 Å². The van der Waals surface area contributed by atoms with Gasteiger partial charge in [-0.25, -0.2) is 9.59 Å². The second-order valence-electron chi connectivity index (χ2n) is 8.66. The number of ether oxygens (including phenoxy) is 2. The van der Waals surface area contributed by atoms with Crippen LogP contribution in [0.5, 0.6) is 11.5 Å². The molecular formula is C31H32N4O4S2. The summed E-state index contributed by atoms with van der Waals surface area (Å²) in [5, 5.41) is 11.6. The lowest BCUT2D eigenvalue weighted by atomic mass is 10.3. The van der Waals surface area contributed by atoms with Crippen LogP contribution in [-0.2, 0) is 0 Å². The largest absolute Gasteiger partial charge is 0.497 e. The van der Waals surface area contributed by atoms with Crippen LogP contribution in [0.15, 0.2) is 107 Å². The highest BCUT2D eigenvalue weighted by atomic mass is 32.2. The van der Waals surface area contributed by atoms with Crippen LogP contribution in [0, 0.1) is 0 Å². The molecule has 8 nitrogen and oxygen atoms in total. The van der Waals surface area contributed by atoms with Crippen LogP contribution >= 0.6 is 23.5 Å². The predicted octanol–water partition coefficient (Wildman–Crippen LogP) is 8.27. The average Bonchev–Trinajstić information content (AvgIpc) is 2.99. The molecule has 0 bridgehead atoms. The van der Waals surface area contributed by atoms with E-state index in [1.165, 1.54) is 0 Å². The number of hydrogen-bond acceptors (Lipinski definition) is 6. The van der Waals surface area contributed by atoms with Gasteiger partial charge in [-0.05, 0) is 90.7 Å². The molecule has 0 aromatic heterocycles. The van der Waals surface area contributed by atoms with Crippen molar-refractivity contribution in [2.75, 3.05) is 47.0 Å². The first-order valence-electron chi connectivity index (χ1n) is 12.9. The lowest BCUT2D eigenvalue weighted by Crippen LogP contribution is -2.19. The van der Waals surface area contributed by atoms with Crippen molar-refractivity contribution in [3.8, 4) is 11.5 Å². The maximum absolute atomic E-state index is 12.6. The summed E-state index contributed by atoms with van der Waals surface area (Å²) in [7, 11) is 3.20. The summed E-state index contributed by atoms with van der Waals surface area (Å²) < 4.78 is 10.3. The molecule has 0 heterocycles. The summed E-state index contributed by atoms with van der Waals surface area (Å²) in [4.78, 5) is 27.1. The summed E-state index contributed by atoms with van der Waals surface area (Å²) in [5.41, 5.74) is 2.87. The molecular weight excluding hydrogens is 556 g/mol. The Balaban J connectivity index is 1.23. The number of methoxy groups -OCH3 is 2. The lowest BCUT2D eigenvalue weighted by Gasteiger charge is -2.13.